The molecule has 1 saturated heterocycles. The van der Waals surface area contributed by atoms with Gasteiger partial charge in [0.25, 0.3) is 11.5 Å². The van der Waals surface area contributed by atoms with Gasteiger partial charge in [-0.15, -0.1) is 0 Å². The first kappa shape index (κ1) is 18.1. The fourth-order valence-corrected chi connectivity index (χ4v) is 2.94. The summed E-state index contributed by atoms with van der Waals surface area (Å²) in [6, 6.07) is 9.14. The van der Waals surface area contributed by atoms with Crippen molar-refractivity contribution in [2.75, 3.05) is 38.7 Å². The van der Waals surface area contributed by atoms with Crippen LogP contribution in [0.3, 0.4) is 0 Å². The highest BCUT2D eigenvalue weighted by Crippen LogP contribution is 2.23. The topological polar surface area (TPSA) is 67.7 Å². The molecule has 2 aromatic heterocycles. The van der Waals surface area contributed by atoms with E-state index in [1.54, 1.807) is 24.1 Å². The predicted octanol–water partition coefficient (Wildman–Crippen LogP) is 1.37. The number of aromatic nitrogens is 2. The summed E-state index contributed by atoms with van der Waals surface area (Å²) in [6.45, 7) is 3.08. The third-order valence-corrected chi connectivity index (χ3v) is 4.68. The van der Waals surface area contributed by atoms with Crippen molar-refractivity contribution < 1.29 is 9.53 Å². The minimum Gasteiger partial charge on any atom is -0.368 e. The van der Waals surface area contributed by atoms with E-state index in [0.717, 1.165) is 17.2 Å². The average Bonchev–Trinajstić information content (AvgIpc) is 2.66. The number of amides is 1. The molecule has 138 valence electrons. The van der Waals surface area contributed by atoms with Gasteiger partial charge < -0.3 is 19.1 Å². The molecule has 0 aliphatic carbocycles. The second kappa shape index (κ2) is 7.29. The number of rotatable bonds is 3. The Morgan fingerprint density at radius 2 is 2.04 bits per heavy atom. The van der Waals surface area contributed by atoms with Crippen LogP contribution in [-0.2, 0) is 11.8 Å². The van der Waals surface area contributed by atoms with Crippen molar-refractivity contribution >= 4 is 11.7 Å². The van der Waals surface area contributed by atoms with E-state index < -0.39 is 0 Å². The zero-order valence-corrected chi connectivity index (χ0v) is 15.6. The largest absolute Gasteiger partial charge is 0.368 e. The van der Waals surface area contributed by atoms with Crippen LogP contribution in [0.15, 0.2) is 35.1 Å². The van der Waals surface area contributed by atoms with E-state index in [2.05, 4.69) is 4.98 Å². The Hall–Kier alpha value is -2.67. The number of pyridine rings is 2. The van der Waals surface area contributed by atoms with Crippen molar-refractivity contribution in [3.8, 4) is 0 Å². The summed E-state index contributed by atoms with van der Waals surface area (Å²) in [4.78, 5) is 33.5. The maximum absolute atomic E-state index is 12.9. The highest BCUT2D eigenvalue weighted by Gasteiger charge is 2.28. The molecular weight excluding hydrogens is 332 g/mol. The highest BCUT2D eigenvalue weighted by molar-refractivity contribution is 5.94. The molecule has 1 amide bonds. The van der Waals surface area contributed by atoms with Gasteiger partial charge in [0, 0.05) is 33.4 Å². The molecule has 0 N–H and O–H groups in total. The Labute approximate surface area is 152 Å². The third kappa shape index (κ3) is 3.48. The van der Waals surface area contributed by atoms with E-state index in [9.17, 15) is 9.59 Å². The third-order valence-electron chi connectivity index (χ3n) is 4.68. The molecule has 0 saturated carbocycles. The molecule has 1 atom stereocenters. The number of anilines is 1. The summed E-state index contributed by atoms with van der Waals surface area (Å²) in [5, 5.41) is 0. The van der Waals surface area contributed by atoms with E-state index in [-0.39, 0.29) is 23.1 Å². The van der Waals surface area contributed by atoms with E-state index in [1.807, 2.05) is 44.1 Å². The van der Waals surface area contributed by atoms with Crippen molar-refractivity contribution in [3.63, 3.8) is 0 Å². The first-order valence-electron chi connectivity index (χ1n) is 8.60. The standard InChI is InChI=1S/C19H24N4O3/c1-13-8-9-14(18(24)22(13)4)19(25)23-10-11-26-16(12-23)15-6-5-7-17(20-15)21(2)3/h5-9,16H,10-12H2,1-4H3/t16-/m1/s1. The molecule has 0 unspecified atom stereocenters. The quantitative estimate of drug-likeness (QED) is 0.831. The first-order chi connectivity index (χ1) is 12.4. The van der Waals surface area contributed by atoms with E-state index in [0.29, 0.717) is 19.7 Å². The van der Waals surface area contributed by atoms with Crippen LogP contribution >= 0.6 is 0 Å². The van der Waals surface area contributed by atoms with Crippen molar-refractivity contribution in [2.45, 2.75) is 13.0 Å². The zero-order valence-electron chi connectivity index (χ0n) is 15.6. The van der Waals surface area contributed by atoms with Gasteiger partial charge >= 0.3 is 0 Å². The number of carbonyl (C=O) groups excluding carboxylic acids is 1. The number of nitrogens with zero attached hydrogens (tertiary/aromatic N) is 4. The summed E-state index contributed by atoms with van der Waals surface area (Å²) in [5.74, 6) is 0.574. The molecule has 0 spiro atoms. The van der Waals surface area contributed by atoms with Gasteiger partial charge in [-0.2, -0.15) is 0 Å². The molecular formula is C19H24N4O3. The van der Waals surface area contributed by atoms with Crippen LogP contribution in [0.1, 0.15) is 27.8 Å². The molecule has 1 aliphatic rings. The van der Waals surface area contributed by atoms with E-state index in [4.69, 9.17) is 4.74 Å². The molecule has 0 aromatic carbocycles. The monoisotopic (exact) mass is 356 g/mol. The summed E-state index contributed by atoms with van der Waals surface area (Å²) >= 11 is 0. The molecule has 3 heterocycles. The van der Waals surface area contributed by atoms with Crippen LogP contribution in [0.5, 0.6) is 0 Å². The number of hydrogen-bond donors (Lipinski definition) is 0. The number of morpholine rings is 1. The second-order valence-corrected chi connectivity index (χ2v) is 6.68. The van der Waals surface area contributed by atoms with Crippen LogP contribution in [0.4, 0.5) is 5.82 Å². The van der Waals surface area contributed by atoms with Gasteiger partial charge in [-0.05, 0) is 31.2 Å². The lowest BCUT2D eigenvalue weighted by Crippen LogP contribution is -2.44. The first-order valence-corrected chi connectivity index (χ1v) is 8.60. The Morgan fingerprint density at radius 1 is 1.27 bits per heavy atom. The van der Waals surface area contributed by atoms with Crippen LogP contribution in [0.25, 0.3) is 0 Å². The van der Waals surface area contributed by atoms with Gasteiger partial charge in [0.15, 0.2) is 0 Å². The highest BCUT2D eigenvalue weighted by atomic mass is 16.5. The predicted molar refractivity (Wildman–Crippen MR) is 99.6 cm³/mol. The Bertz CT molecular complexity index is 875. The molecule has 7 heteroatoms. The Morgan fingerprint density at radius 3 is 2.77 bits per heavy atom. The summed E-state index contributed by atoms with van der Waals surface area (Å²) in [6.07, 6.45) is -0.304. The number of hydrogen-bond acceptors (Lipinski definition) is 5. The zero-order chi connectivity index (χ0) is 18.8. The average molecular weight is 356 g/mol. The van der Waals surface area contributed by atoms with Gasteiger partial charge in [-0.25, -0.2) is 4.98 Å². The summed E-state index contributed by atoms with van der Waals surface area (Å²) in [7, 11) is 5.53. The fraction of sp³-hybridized carbons (Fsp3) is 0.421. The fourth-order valence-electron chi connectivity index (χ4n) is 2.94. The van der Waals surface area contributed by atoms with Crippen LogP contribution < -0.4 is 10.5 Å². The smallest absolute Gasteiger partial charge is 0.263 e. The minimum atomic E-state index is -0.304. The van der Waals surface area contributed by atoms with Crippen molar-refractivity contribution in [1.82, 2.24) is 14.5 Å². The molecule has 26 heavy (non-hydrogen) atoms. The van der Waals surface area contributed by atoms with Gasteiger partial charge in [0.2, 0.25) is 0 Å². The Kier molecular flexibility index (Phi) is 5.08. The maximum atomic E-state index is 12.9. The molecule has 2 aromatic rings. The molecule has 1 fully saturated rings. The Balaban J connectivity index is 1.83. The number of ether oxygens (including phenoxy) is 1. The lowest BCUT2D eigenvalue weighted by atomic mass is 10.1. The van der Waals surface area contributed by atoms with Crippen molar-refractivity contribution in [1.29, 1.82) is 0 Å². The summed E-state index contributed by atoms with van der Waals surface area (Å²) in [5.41, 5.74) is 1.51. The van der Waals surface area contributed by atoms with Gasteiger partial charge in [-0.1, -0.05) is 6.07 Å². The summed E-state index contributed by atoms with van der Waals surface area (Å²) < 4.78 is 7.32. The van der Waals surface area contributed by atoms with Gasteiger partial charge in [0.05, 0.1) is 18.8 Å². The second-order valence-electron chi connectivity index (χ2n) is 6.68. The lowest BCUT2D eigenvalue weighted by molar-refractivity contribution is -0.0247. The normalized spacial score (nSPS) is 17.2. The molecule has 0 bridgehead atoms. The van der Waals surface area contributed by atoms with Crippen molar-refractivity contribution in [3.05, 3.63) is 57.6 Å². The van der Waals surface area contributed by atoms with Gasteiger partial charge in [-0.3, -0.25) is 9.59 Å². The SMILES string of the molecule is Cc1ccc(C(=O)N2CCO[C@@H](c3cccc(N(C)C)n3)C2)c(=O)n1C. The van der Waals surface area contributed by atoms with E-state index in [1.165, 1.54) is 4.57 Å². The number of aryl methyl sites for hydroxylation is 1. The molecule has 3 rings (SSSR count). The molecule has 1 aliphatic heterocycles. The molecule has 0 radical (unpaired) electrons. The maximum Gasteiger partial charge on any atom is 0.263 e. The van der Waals surface area contributed by atoms with Crippen LogP contribution in [-0.4, -0.2) is 54.1 Å². The van der Waals surface area contributed by atoms with Gasteiger partial charge in [0.1, 0.15) is 17.5 Å². The van der Waals surface area contributed by atoms with Crippen LogP contribution in [0.2, 0.25) is 0 Å². The van der Waals surface area contributed by atoms with Crippen LogP contribution in [0, 0.1) is 6.92 Å². The molecule has 7 nitrogen and oxygen atoms in total. The van der Waals surface area contributed by atoms with E-state index >= 15 is 0 Å². The van der Waals surface area contributed by atoms with Crippen molar-refractivity contribution in [2.24, 2.45) is 7.05 Å². The lowest BCUT2D eigenvalue weighted by Gasteiger charge is -2.33. The number of carbonyl (C=O) groups is 1. The minimum absolute atomic E-state index is 0.189.